The van der Waals surface area contributed by atoms with E-state index in [9.17, 15) is 5.11 Å². The SMILES string of the molecule is CCCc1cc(O)c2c(c1)OC(C)(CCC=C(C)C)C=C2.[B][C-]=CC#CC.[V]. The number of ether oxygens (including phenoxy) is 1. The Morgan fingerprint density at radius 2 is 2.07 bits per heavy atom. The van der Waals surface area contributed by atoms with Crippen LogP contribution in [0.1, 0.15) is 65.0 Å². The van der Waals surface area contributed by atoms with Crippen molar-refractivity contribution in [3.05, 3.63) is 53.0 Å². The zero-order valence-corrected chi connectivity index (χ0v) is 19.1. The smallest absolute Gasteiger partial charge is 0.131 e. The average Bonchev–Trinajstić information content (AvgIpc) is 2.60. The molecule has 0 saturated heterocycles. The number of fused-ring (bicyclic) bond motifs is 1. The number of benzene rings is 1. The average molecular weight is 412 g/mol. The van der Waals surface area contributed by atoms with Crippen molar-refractivity contribution in [2.24, 2.45) is 0 Å². The molecule has 1 aliphatic rings. The van der Waals surface area contributed by atoms with Gasteiger partial charge < -0.3 is 21.7 Å². The third kappa shape index (κ3) is 8.96. The Balaban J connectivity index is 0.000000910. The van der Waals surface area contributed by atoms with Crippen LogP contribution >= 0.6 is 0 Å². The maximum Gasteiger partial charge on any atom is 0.131 e. The van der Waals surface area contributed by atoms with Crippen molar-refractivity contribution in [1.82, 2.24) is 0 Å². The van der Waals surface area contributed by atoms with E-state index < -0.39 is 0 Å². The van der Waals surface area contributed by atoms with Gasteiger partial charge in [-0.1, -0.05) is 32.8 Å². The second-order valence-corrected chi connectivity index (χ2v) is 7.05. The van der Waals surface area contributed by atoms with Crippen LogP contribution in [0.15, 0.2) is 35.9 Å². The van der Waals surface area contributed by atoms with E-state index in [1.165, 1.54) is 11.6 Å². The summed E-state index contributed by atoms with van der Waals surface area (Å²) in [7, 11) is 4.81. The van der Waals surface area contributed by atoms with Crippen molar-refractivity contribution in [2.75, 3.05) is 0 Å². The van der Waals surface area contributed by atoms with Crippen molar-refractivity contribution in [1.29, 1.82) is 0 Å². The van der Waals surface area contributed by atoms with Crippen molar-refractivity contribution >= 4 is 13.9 Å². The Hall–Kier alpha value is -1.75. The quantitative estimate of drug-likeness (QED) is 0.289. The largest absolute Gasteiger partial charge is 0.507 e. The molecule has 1 aromatic carbocycles. The molecule has 3 radical (unpaired) electrons. The van der Waals surface area contributed by atoms with E-state index in [-0.39, 0.29) is 24.2 Å². The Morgan fingerprint density at radius 1 is 1.36 bits per heavy atom. The number of hydrogen-bond donors (Lipinski definition) is 1. The molecular weight excluding hydrogens is 382 g/mol. The minimum absolute atomic E-state index is 0. The summed E-state index contributed by atoms with van der Waals surface area (Å²) < 4.78 is 6.19. The molecule has 1 aliphatic heterocycles. The van der Waals surface area contributed by atoms with Crippen molar-refractivity contribution in [2.45, 2.75) is 65.9 Å². The summed E-state index contributed by atoms with van der Waals surface area (Å²) >= 11 is 0. The Labute approximate surface area is 184 Å². The first-order chi connectivity index (χ1) is 12.8. The van der Waals surface area contributed by atoms with Crippen LogP contribution in [0.2, 0.25) is 0 Å². The number of allylic oxidation sites excluding steroid dienone is 3. The van der Waals surface area contributed by atoms with Crippen LogP contribution in [0.4, 0.5) is 0 Å². The summed E-state index contributed by atoms with van der Waals surface area (Å²) in [6.45, 7) is 10.2. The first-order valence-corrected chi connectivity index (χ1v) is 9.42. The standard InChI is InChI=1S/C19H26O2.C5H4B.V/c1-5-7-15-12-17(20)16-9-11-19(4,21-18(16)13-15)10-6-8-14(2)3;1-2-3-4-5-6;/h8-9,11-13,20H,5-7,10H2,1-4H3;4H,1H3;/q;-1;. The van der Waals surface area contributed by atoms with Gasteiger partial charge in [-0.05, 0) is 76.8 Å². The second-order valence-electron chi connectivity index (χ2n) is 7.05. The fraction of sp³-hybridized carbons (Fsp3) is 0.417. The van der Waals surface area contributed by atoms with Crippen LogP contribution in [-0.4, -0.2) is 18.6 Å². The fourth-order valence-corrected chi connectivity index (χ4v) is 2.79. The monoisotopic (exact) mass is 412 g/mol. The minimum Gasteiger partial charge on any atom is -0.507 e. The maximum atomic E-state index is 10.1. The molecule has 1 atom stereocenters. The van der Waals surface area contributed by atoms with Gasteiger partial charge in [0.25, 0.3) is 0 Å². The summed E-state index contributed by atoms with van der Waals surface area (Å²) in [5, 5.41) is 10.1. The van der Waals surface area contributed by atoms with E-state index in [0.717, 1.165) is 42.6 Å². The molecule has 0 aliphatic carbocycles. The molecule has 4 heteroatoms. The zero-order valence-electron chi connectivity index (χ0n) is 17.7. The van der Waals surface area contributed by atoms with Gasteiger partial charge in [0.2, 0.25) is 0 Å². The van der Waals surface area contributed by atoms with Gasteiger partial charge in [-0.25, -0.2) is 12.0 Å². The Bertz CT molecular complexity index is 765. The topological polar surface area (TPSA) is 29.5 Å². The third-order valence-electron chi connectivity index (χ3n) is 4.16. The molecule has 0 aromatic heterocycles. The molecule has 2 rings (SSSR count). The van der Waals surface area contributed by atoms with Crippen LogP contribution < -0.4 is 4.74 Å². The summed E-state index contributed by atoms with van der Waals surface area (Å²) in [5.41, 5.74) is 2.97. The van der Waals surface area contributed by atoms with Gasteiger partial charge in [0, 0.05) is 18.6 Å². The van der Waals surface area contributed by atoms with Crippen molar-refractivity contribution in [3.8, 4) is 23.3 Å². The van der Waals surface area contributed by atoms with Crippen LogP contribution in [0.3, 0.4) is 0 Å². The van der Waals surface area contributed by atoms with Crippen LogP contribution in [-0.2, 0) is 25.0 Å². The molecule has 28 heavy (non-hydrogen) atoms. The number of hydrogen-bond acceptors (Lipinski definition) is 2. The second kappa shape index (κ2) is 13.4. The first-order valence-electron chi connectivity index (χ1n) is 9.42. The molecule has 1 heterocycles. The predicted molar refractivity (Wildman–Crippen MR) is 116 cm³/mol. The Kier molecular flexibility index (Phi) is 12.6. The first kappa shape index (κ1) is 26.2. The van der Waals surface area contributed by atoms with E-state index >= 15 is 0 Å². The van der Waals surface area contributed by atoms with E-state index in [1.54, 1.807) is 6.92 Å². The molecule has 1 aromatic rings. The predicted octanol–water partition coefficient (Wildman–Crippen LogP) is 5.75. The molecule has 147 valence electrons. The third-order valence-corrected chi connectivity index (χ3v) is 4.16. The van der Waals surface area contributed by atoms with Gasteiger partial charge in [0.15, 0.2) is 0 Å². The molecule has 2 nitrogen and oxygen atoms in total. The molecule has 0 spiro atoms. The van der Waals surface area contributed by atoms with Gasteiger partial charge in [-0.3, -0.25) is 0 Å². The number of phenols is 1. The molecular formula is C24H30BO2V-. The van der Waals surface area contributed by atoms with Gasteiger partial charge in [0.1, 0.15) is 17.1 Å². The van der Waals surface area contributed by atoms with E-state index in [0.29, 0.717) is 5.75 Å². The molecule has 1 N–H and O–H groups in total. The van der Waals surface area contributed by atoms with Crippen LogP contribution in [0.5, 0.6) is 11.5 Å². The van der Waals surface area contributed by atoms with Gasteiger partial charge in [0.05, 0.1) is 5.56 Å². The molecule has 0 saturated carbocycles. The summed E-state index contributed by atoms with van der Waals surface area (Å²) in [5.74, 6) is 8.60. The normalized spacial score (nSPS) is 16.5. The molecule has 1 unspecified atom stereocenters. The summed E-state index contributed by atoms with van der Waals surface area (Å²) in [6, 6.07) is 3.92. The number of rotatable bonds is 5. The zero-order chi connectivity index (χ0) is 20.3. The summed E-state index contributed by atoms with van der Waals surface area (Å²) in [6.07, 6.45) is 11.7. The van der Waals surface area contributed by atoms with Gasteiger partial charge in [-0.15, -0.1) is 0 Å². The summed E-state index contributed by atoms with van der Waals surface area (Å²) in [4.78, 5) is 0. The number of aryl methyl sites for hydroxylation is 1. The van der Waals surface area contributed by atoms with Gasteiger partial charge in [-0.2, -0.15) is 0 Å². The van der Waals surface area contributed by atoms with Crippen LogP contribution in [0.25, 0.3) is 6.08 Å². The van der Waals surface area contributed by atoms with E-state index in [2.05, 4.69) is 63.7 Å². The van der Waals surface area contributed by atoms with E-state index in [1.807, 2.05) is 12.1 Å². The number of aromatic hydroxyl groups is 1. The number of phenolic OH excluding ortho intramolecular Hbond substituents is 1. The molecule has 0 bridgehead atoms. The maximum absolute atomic E-state index is 10.1. The van der Waals surface area contributed by atoms with Crippen molar-refractivity contribution < 1.29 is 28.4 Å². The minimum atomic E-state index is -0.295. The Morgan fingerprint density at radius 3 is 2.61 bits per heavy atom. The van der Waals surface area contributed by atoms with Gasteiger partial charge >= 0.3 is 0 Å². The van der Waals surface area contributed by atoms with Crippen molar-refractivity contribution in [3.63, 3.8) is 0 Å². The molecule has 0 fully saturated rings. The van der Waals surface area contributed by atoms with Crippen LogP contribution in [0, 0.1) is 17.8 Å². The molecule has 0 amide bonds. The fourth-order valence-electron chi connectivity index (χ4n) is 2.79. The van der Waals surface area contributed by atoms with E-state index in [4.69, 9.17) is 12.6 Å².